The highest BCUT2D eigenvalue weighted by atomic mass is 16.3. The van der Waals surface area contributed by atoms with Crippen LogP contribution in [0.3, 0.4) is 0 Å². The fourth-order valence-corrected chi connectivity index (χ4v) is 3.20. The smallest absolute Gasteiger partial charge is 0.230 e. The number of hydrogen-bond acceptors (Lipinski definition) is 4. The van der Waals surface area contributed by atoms with Crippen molar-refractivity contribution in [1.82, 2.24) is 19.7 Å². The lowest BCUT2D eigenvalue weighted by Crippen LogP contribution is -2.48. The summed E-state index contributed by atoms with van der Waals surface area (Å²) in [5.74, 6) is 1.38. The van der Waals surface area contributed by atoms with Gasteiger partial charge in [-0.15, -0.1) is 10.2 Å². The SMILES string of the molecule is Cn1c(CC(=O)N2CCCC2(C)CO)nnc1-c1ccccc1. The molecule has 1 atom stereocenters. The van der Waals surface area contributed by atoms with Crippen LogP contribution in [0.25, 0.3) is 11.4 Å². The van der Waals surface area contributed by atoms with Crippen LogP contribution < -0.4 is 0 Å². The van der Waals surface area contributed by atoms with Crippen molar-refractivity contribution in [2.75, 3.05) is 13.2 Å². The maximum atomic E-state index is 12.6. The molecule has 1 N–H and O–H groups in total. The molecule has 23 heavy (non-hydrogen) atoms. The molecule has 1 unspecified atom stereocenters. The number of hydrogen-bond donors (Lipinski definition) is 1. The zero-order valence-corrected chi connectivity index (χ0v) is 13.6. The molecule has 2 aromatic rings. The van der Waals surface area contributed by atoms with Gasteiger partial charge in [-0.25, -0.2) is 0 Å². The van der Waals surface area contributed by atoms with E-state index >= 15 is 0 Å². The second kappa shape index (κ2) is 6.12. The quantitative estimate of drug-likeness (QED) is 0.926. The molecule has 1 fully saturated rings. The summed E-state index contributed by atoms with van der Waals surface area (Å²) in [5, 5.41) is 18.0. The van der Waals surface area contributed by atoms with Crippen LogP contribution in [0.1, 0.15) is 25.6 Å². The fraction of sp³-hybridized carbons (Fsp3) is 0.471. The molecular formula is C17H22N4O2. The number of nitrogens with zero attached hydrogens (tertiary/aromatic N) is 4. The first-order valence-corrected chi connectivity index (χ1v) is 7.90. The number of rotatable bonds is 4. The van der Waals surface area contributed by atoms with Gasteiger partial charge in [0.2, 0.25) is 5.91 Å². The largest absolute Gasteiger partial charge is 0.394 e. The van der Waals surface area contributed by atoms with E-state index in [-0.39, 0.29) is 18.9 Å². The van der Waals surface area contributed by atoms with Crippen molar-refractivity contribution in [1.29, 1.82) is 0 Å². The van der Waals surface area contributed by atoms with E-state index in [1.807, 2.05) is 48.9 Å². The number of amides is 1. The van der Waals surface area contributed by atoms with Gasteiger partial charge in [0.05, 0.1) is 18.6 Å². The lowest BCUT2D eigenvalue weighted by Gasteiger charge is -2.33. The van der Waals surface area contributed by atoms with Crippen molar-refractivity contribution in [3.63, 3.8) is 0 Å². The normalized spacial score (nSPS) is 20.9. The maximum absolute atomic E-state index is 12.6. The van der Waals surface area contributed by atoms with E-state index in [1.54, 1.807) is 4.90 Å². The minimum absolute atomic E-state index is 0.00541. The monoisotopic (exact) mass is 314 g/mol. The molecule has 1 aromatic heterocycles. The molecule has 1 saturated heterocycles. The molecule has 0 bridgehead atoms. The Kier molecular flexibility index (Phi) is 4.17. The molecular weight excluding hydrogens is 292 g/mol. The Morgan fingerprint density at radius 1 is 1.30 bits per heavy atom. The summed E-state index contributed by atoms with van der Waals surface area (Å²) in [7, 11) is 1.88. The Hall–Kier alpha value is -2.21. The van der Waals surface area contributed by atoms with Crippen LogP contribution in [0, 0.1) is 0 Å². The first-order valence-electron chi connectivity index (χ1n) is 7.90. The van der Waals surface area contributed by atoms with E-state index in [9.17, 15) is 9.90 Å². The number of benzene rings is 1. The summed E-state index contributed by atoms with van der Waals surface area (Å²) in [6.45, 7) is 2.62. The molecule has 6 nitrogen and oxygen atoms in total. The molecule has 0 radical (unpaired) electrons. The summed E-state index contributed by atoms with van der Waals surface area (Å²) in [6.07, 6.45) is 1.96. The third-order valence-electron chi connectivity index (χ3n) is 4.70. The van der Waals surface area contributed by atoms with Crippen molar-refractivity contribution in [2.24, 2.45) is 7.05 Å². The summed E-state index contributed by atoms with van der Waals surface area (Å²) >= 11 is 0. The second-order valence-electron chi connectivity index (χ2n) is 6.35. The maximum Gasteiger partial charge on any atom is 0.230 e. The molecule has 1 amide bonds. The van der Waals surface area contributed by atoms with E-state index in [2.05, 4.69) is 10.2 Å². The van der Waals surface area contributed by atoms with Gasteiger partial charge < -0.3 is 14.6 Å². The van der Waals surface area contributed by atoms with Gasteiger partial charge in [-0.2, -0.15) is 0 Å². The van der Waals surface area contributed by atoms with Crippen LogP contribution in [0.4, 0.5) is 0 Å². The molecule has 0 saturated carbocycles. The number of carbonyl (C=O) groups excluding carboxylic acids is 1. The van der Waals surface area contributed by atoms with Gasteiger partial charge in [-0.05, 0) is 19.8 Å². The van der Waals surface area contributed by atoms with Gasteiger partial charge >= 0.3 is 0 Å². The van der Waals surface area contributed by atoms with E-state index in [1.165, 1.54) is 0 Å². The predicted molar refractivity (Wildman–Crippen MR) is 86.6 cm³/mol. The molecule has 3 rings (SSSR count). The molecule has 2 heterocycles. The van der Waals surface area contributed by atoms with E-state index in [0.29, 0.717) is 12.4 Å². The van der Waals surface area contributed by atoms with Crippen LogP contribution in [0.15, 0.2) is 30.3 Å². The van der Waals surface area contributed by atoms with Gasteiger partial charge in [-0.1, -0.05) is 30.3 Å². The predicted octanol–water partition coefficient (Wildman–Crippen LogP) is 1.40. The minimum Gasteiger partial charge on any atom is -0.394 e. The number of likely N-dealkylation sites (tertiary alicyclic amines) is 1. The van der Waals surface area contributed by atoms with Crippen molar-refractivity contribution < 1.29 is 9.90 Å². The van der Waals surface area contributed by atoms with Crippen molar-refractivity contribution >= 4 is 5.91 Å². The summed E-state index contributed by atoms with van der Waals surface area (Å²) < 4.78 is 1.86. The topological polar surface area (TPSA) is 71.2 Å². The molecule has 1 aliphatic rings. The first kappa shape index (κ1) is 15.7. The summed E-state index contributed by atoms with van der Waals surface area (Å²) in [4.78, 5) is 14.4. The van der Waals surface area contributed by atoms with Crippen LogP contribution in [-0.4, -0.2) is 49.4 Å². The van der Waals surface area contributed by atoms with E-state index < -0.39 is 5.54 Å². The average molecular weight is 314 g/mol. The Labute approximate surface area is 135 Å². The van der Waals surface area contributed by atoms with Crippen LogP contribution in [-0.2, 0) is 18.3 Å². The standard InChI is InChI=1S/C17H22N4O2/c1-17(12-22)9-6-10-21(17)15(23)11-14-18-19-16(20(14)2)13-7-4-3-5-8-13/h3-5,7-8,22H,6,9-12H2,1-2H3. The highest BCUT2D eigenvalue weighted by Gasteiger charge is 2.39. The lowest BCUT2D eigenvalue weighted by molar-refractivity contribution is -0.135. The summed E-state index contributed by atoms with van der Waals surface area (Å²) in [6, 6.07) is 9.79. The molecule has 1 aromatic carbocycles. The summed E-state index contributed by atoms with van der Waals surface area (Å²) in [5.41, 5.74) is 0.528. The second-order valence-corrected chi connectivity index (χ2v) is 6.35. The average Bonchev–Trinajstić information content (AvgIpc) is 3.13. The van der Waals surface area contributed by atoms with Crippen LogP contribution >= 0.6 is 0 Å². The Morgan fingerprint density at radius 3 is 2.74 bits per heavy atom. The van der Waals surface area contributed by atoms with Crippen LogP contribution in [0.5, 0.6) is 0 Å². The van der Waals surface area contributed by atoms with Gasteiger partial charge in [0.25, 0.3) is 0 Å². The Balaban J connectivity index is 1.79. The third-order valence-corrected chi connectivity index (χ3v) is 4.70. The number of aromatic nitrogens is 3. The number of aliphatic hydroxyl groups excluding tert-OH is 1. The highest BCUT2D eigenvalue weighted by molar-refractivity contribution is 5.79. The Morgan fingerprint density at radius 2 is 2.04 bits per heavy atom. The number of carbonyl (C=O) groups is 1. The van der Waals surface area contributed by atoms with Crippen LogP contribution in [0.2, 0.25) is 0 Å². The highest BCUT2D eigenvalue weighted by Crippen LogP contribution is 2.29. The third kappa shape index (κ3) is 2.86. The van der Waals surface area contributed by atoms with Gasteiger partial charge in [0.15, 0.2) is 5.82 Å². The van der Waals surface area contributed by atoms with Gasteiger partial charge in [0.1, 0.15) is 5.82 Å². The van der Waals surface area contributed by atoms with Crippen molar-refractivity contribution in [3.05, 3.63) is 36.2 Å². The Bertz CT molecular complexity index is 698. The fourth-order valence-electron chi connectivity index (χ4n) is 3.20. The molecule has 0 aliphatic carbocycles. The molecule has 0 spiro atoms. The molecule has 122 valence electrons. The van der Waals surface area contributed by atoms with Crippen molar-refractivity contribution in [3.8, 4) is 11.4 Å². The molecule has 6 heteroatoms. The zero-order valence-electron chi connectivity index (χ0n) is 13.6. The first-order chi connectivity index (χ1) is 11.0. The van der Waals surface area contributed by atoms with Gasteiger partial charge in [0, 0.05) is 19.2 Å². The number of aliphatic hydroxyl groups is 1. The van der Waals surface area contributed by atoms with Gasteiger partial charge in [-0.3, -0.25) is 4.79 Å². The lowest BCUT2D eigenvalue weighted by atomic mass is 10.00. The molecule has 1 aliphatic heterocycles. The minimum atomic E-state index is -0.446. The van der Waals surface area contributed by atoms with E-state index in [4.69, 9.17) is 0 Å². The van der Waals surface area contributed by atoms with E-state index in [0.717, 1.165) is 24.2 Å². The van der Waals surface area contributed by atoms with Crippen molar-refractivity contribution in [2.45, 2.75) is 31.7 Å². The zero-order chi connectivity index (χ0) is 16.4.